The van der Waals surface area contributed by atoms with Crippen LogP contribution in [0.25, 0.3) is 0 Å². The third kappa shape index (κ3) is 4.97. The molecular formula is C21H27N5O4. The predicted octanol–water partition coefficient (Wildman–Crippen LogP) is 2.92. The molecule has 0 radical (unpaired) electrons. The van der Waals surface area contributed by atoms with Gasteiger partial charge in [0.2, 0.25) is 5.91 Å². The molecule has 1 aromatic heterocycles. The lowest BCUT2D eigenvalue weighted by Gasteiger charge is -2.30. The summed E-state index contributed by atoms with van der Waals surface area (Å²) in [6.45, 7) is 7.63. The molecule has 0 bridgehead atoms. The van der Waals surface area contributed by atoms with Gasteiger partial charge in [0.05, 0.1) is 6.54 Å². The molecule has 9 heteroatoms. The number of hydrogen-bond donors (Lipinski definition) is 2. The van der Waals surface area contributed by atoms with E-state index in [2.05, 4.69) is 15.7 Å². The molecule has 0 aliphatic carbocycles. The molecule has 3 amide bonds. The van der Waals surface area contributed by atoms with Crippen molar-refractivity contribution in [2.45, 2.75) is 46.3 Å². The van der Waals surface area contributed by atoms with Crippen LogP contribution in [0.4, 0.5) is 16.2 Å². The minimum absolute atomic E-state index is 0.195. The van der Waals surface area contributed by atoms with E-state index in [0.717, 1.165) is 5.69 Å². The number of anilines is 2. The summed E-state index contributed by atoms with van der Waals surface area (Å²) in [6.07, 6.45) is 0.176. The van der Waals surface area contributed by atoms with Crippen LogP contribution in [0.5, 0.6) is 0 Å². The summed E-state index contributed by atoms with van der Waals surface area (Å²) in [5, 5.41) is 9.88. The number of carbonyl (C=O) groups is 3. The van der Waals surface area contributed by atoms with Gasteiger partial charge in [0.1, 0.15) is 5.60 Å². The molecule has 0 saturated carbocycles. The molecule has 1 aliphatic heterocycles. The van der Waals surface area contributed by atoms with Crippen LogP contribution in [0.15, 0.2) is 24.3 Å². The lowest BCUT2D eigenvalue weighted by Crippen LogP contribution is -2.40. The Balaban J connectivity index is 1.79. The first kappa shape index (κ1) is 21.4. The fourth-order valence-corrected chi connectivity index (χ4v) is 3.33. The number of ether oxygens (including phenoxy) is 1. The summed E-state index contributed by atoms with van der Waals surface area (Å²) >= 11 is 0. The Hall–Kier alpha value is -3.36. The zero-order valence-electron chi connectivity index (χ0n) is 17.9. The van der Waals surface area contributed by atoms with Gasteiger partial charge in [-0.1, -0.05) is 6.07 Å². The van der Waals surface area contributed by atoms with Crippen molar-refractivity contribution in [1.29, 1.82) is 0 Å². The van der Waals surface area contributed by atoms with Crippen LogP contribution in [-0.4, -0.2) is 44.7 Å². The number of aryl methyl sites for hydroxylation is 1. The van der Waals surface area contributed by atoms with Gasteiger partial charge < -0.3 is 20.3 Å². The smallest absolute Gasteiger partial charge is 0.410 e. The molecule has 2 aromatic rings. The first-order chi connectivity index (χ1) is 14.0. The summed E-state index contributed by atoms with van der Waals surface area (Å²) in [4.78, 5) is 38.2. The van der Waals surface area contributed by atoms with E-state index in [4.69, 9.17) is 4.74 Å². The highest BCUT2D eigenvalue weighted by molar-refractivity contribution is 6.04. The number of amides is 3. The van der Waals surface area contributed by atoms with Crippen molar-refractivity contribution in [3.8, 4) is 0 Å². The molecule has 30 heavy (non-hydrogen) atoms. The summed E-state index contributed by atoms with van der Waals surface area (Å²) < 4.78 is 7.15. The van der Waals surface area contributed by atoms with Crippen molar-refractivity contribution in [2.75, 3.05) is 17.2 Å². The van der Waals surface area contributed by atoms with Gasteiger partial charge in [-0.3, -0.25) is 14.3 Å². The van der Waals surface area contributed by atoms with Crippen molar-refractivity contribution >= 4 is 29.3 Å². The van der Waals surface area contributed by atoms with Gasteiger partial charge in [0, 0.05) is 49.6 Å². The minimum Gasteiger partial charge on any atom is -0.444 e. The standard InChI is InChI=1S/C21H27N5O4/c1-13(27)22-14-7-6-8-15(11-14)23-19(28)18-16-12-26(20(29)30-21(2,3)4)10-9-17(16)25(5)24-18/h6-8,11H,9-10,12H2,1-5H3,(H,22,27)(H,23,28). The van der Waals surface area contributed by atoms with Crippen LogP contribution in [0.2, 0.25) is 0 Å². The Morgan fingerprint density at radius 3 is 2.43 bits per heavy atom. The molecule has 1 aromatic carbocycles. The summed E-state index contributed by atoms with van der Waals surface area (Å²) in [6, 6.07) is 6.87. The maximum absolute atomic E-state index is 12.9. The van der Waals surface area contributed by atoms with Crippen molar-refractivity contribution in [2.24, 2.45) is 7.05 Å². The maximum atomic E-state index is 12.9. The van der Waals surface area contributed by atoms with Gasteiger partial charge in [-0.15, -0.1) is 0 Å². The normalized spacial score (nSPS) is 13.4. The van der Waals surface area contributed by atoms with Gasteiger partial charge in [-0.25, -0.2) is 4.79 Å². The highest BCUT2D eigenvalue weighted by Gasteiger charge is 2.31. The van der Waals surface area contributed by atoms with Crippen LogP contribution in [0, 0.1) is 0 Å². The number of benzene rings is 1. The van der Waals surface area contributed by atoms with E-state index in [0.29, 0.717) is 29.9 Å². The second-order valence-electron chi connectivity index (χ2n) is 8.27. The topological polar surface area (TPSA) is 106 Å². The molecule has 2 heterocycles. The van der Waals surface area contributed by atoms with Gasteiger partial charge >= 0.3 is 6.09 Å². The number of carbonyl (C=O) groups excluding carboxylic acids is 3. The van der Waals surface area contributed by atoms with Crippen molar-refractivity contribution in [3.05, 3.63) is 41.2 Å². The maximum Gasteiger partial charge on any atom is 0.410 e. The third-order valence-electron chi connectivity index (χ3n) is 4.55. The Labute approximate surface area is 175 Å². The summed E-state index contributed by atoms with van der Waals surface area (Å²) in [5.41, 5.74) is 2.43. The average molecular weight is 413 g/mol. The molecule has 0 atom stereocenters. The van der Waals surface area contributed by atoms with Crippen molar-refractivity contribution in [1.82, 2.24) is 14.7 Å². The van der Waals surface area contributed by atoms with Gasteiger partial charge in [0.15, 0.2) is 5.69 Å². The van der Waals surface area contributed by atoms with Gasteiger partial charge in [-0.2, -0.15) is 5.10 Å². The monoisotopic (exact) mass is 413 g/mol. The molecule has 0 saturated heterocycles. The summed E-state index contributed by atoms with van der Waals surface area (Å²) in [7, 11) is 1.79. The molecule has 9 nitrogen and oxygen atoms in total. The Morgan fingerprint density at radius 2 is 1.80 bits per heavy atom. The first-order valence-corrected chi connectivity index (χ1v) is 9.75. The van der Waals surface area contributed by atoms with E-state index in [1.807, 2.05) is 20.8 Å². The van der Waals surface area contributed by atoms with Gasteiger partial charge in [0.25, 0.3) is 5.91 Å². The largest absolute Gasteiger partial charge is 0.444 e. The van der Waals surface area contributed by atoms with E-state index in [-0.39, 0.29) is 24.1 Å². The zero-order valence-corrected chi connectivity index (χ0v) is 17.9. The molecule has 1 aliphatic rings. The number of fused-ring (bicyclic) bond motifs is 1. The minimum atomic E-state index is -0.592. The number of nitrogens with one attached hydrogen (secondary N) is 2. The van der Waals surface area contributed by atoms with Crippen LogP contribution in [0.3, 0.4) is 0 Å². The number of rotatable bonds is 3. The SMILES string of the molecule is CC(=O)Nc1cccc(NC(=O)c2nn(C)c3c2CN(C(=O)OC(C)(C)C)CC3)c1. The lowest BCUT2D eigenvalue weighted by molar-refractivity contribution is -0.114. The van der Waals surface area contributed by atoms with Crippen LogP contribution >= 0.6 is 0 Å². The predicted molar refractivity (Wildman–Crippen MR) is 112 cm³/mol. The van der Waals surface area contributed by atoms with Crippen molar-refractivity contribution < 1.29 is 19.1 Å². The van der Waals surface area contributed by atoms with Crippen LogP contribution in [-0.2, 0) is 29.5 Å². The average Bonchev–Trinajstić information content (AvgIpc) is 2.96. The Kier molecular flexibility index (Phi) is 5.82. The zero-order chi connectivity index (χ0) is 22.1. The van der Waals surface area contributed by atoms with E-state index < -0.39 is 11.7 Å². The van der Waals surface area contributed by atoms with E-state index in [1.165, 1.54) is 6.92 Å². The first-order valence-electron chi connectivity index (χ1n) is 9.75. The quantitative estimate of drug-likeness (QED) is 0.805. The molecule has 0 fully saturated rings. The third-order valence-corrected chi connectivity index (χ3v) is 4.55. The Bertz CT molecular complexity index is 990. The van der Waals surface area contributed by atoms with E-state index in [1.54, 1.807) is 40.9 Å². The lowest BCUT2D eigenvalue weighted by atomic mass is 10.0. The van der Waals surface area contributed by atoms with Crippen LogP contribution in [0.1, 0.15) is 49.4 Å². The van der Waals surface area contributed by atoms with Crippen molar-refractivity contribution in [3.63, 3.8) is 0 Å². The fourth-order valence-electron chi connectivity index (χ4n) is 3.33. The van der Waals surface area contributed by atoms with Gasteiger partial charge in [-0.05, 0) is 39.0 Å². The number of hydrogen-bond acceptors (Lipinski definition) is 5. The second-order valence-corrected chi connectivity index (χ2v) is 8.27. The summed E-state index contributed by atoms with van der Waals surface area (Å²) in [5.74, 6) is -0.572. The molecule has 2 N–H and O–H groups in total. The molecule has 0 spiro atoms. The second kappa shape index (κ2) is 8.17. The highest BCUT2D eigenvalue weighted by Crippen LogP contribution is 2.25. The number of nitrogens with zero attached hydrogens (tertiary/aromatic N) is 3. The molecule has 3 rings (SSSR count). The molecule has 0 unspecified atom stereocenters. The van der Waals surface area contributed by atoms with Crippen LogP contribution < -0.4 is 10.6 Å². The van der Waals surface area contributed by atoms with E-state index >= 15 is 0 Å². The Morgan fingerprint density at radius 1 is 1.13 bits per heavy atom. The fraction of sp³-hybridized carbons (Fsp3) is 0.429. The molecule has 160 valence electrons. The molecular weight excluding hydrogens is 386 g/mol. The number of aromatic nitrogens is 2. The van der Waals surface area contributed by atoms with E-state index in [9.17, 15) is 14.4 Å². The highest BCUT2D eigenvalue weighted by atomic mass is 16.6.